The fourth-order valence-electron chi connectivity index (χ4n) is 3.50. The third-order valence-corrected chi connectivity index (χ3v) is 4.95. The van der Waals surface area contributed by atoms with Gasteiger partial charge in [-0.15, -0.1) is 0 Å². The fourth-order valence-corrected chi connectivity index (χ4v) is 3.50. The molecule has 0 atom stereocenters. The molecule has 28 heavy (non-hydrogen) atoms. The quantitative estimate of drug-likeness (QED) is 0.767. The van der Waals surface area contributed by atoms with Gasteiger partial charge < -0.3 is 9.74 Å². The van der Waals surface area contributed by atoms with Crippen LogP contribution in [-0.2, 0) is 4.84 Å². The molecule has 0 aromatic heterocycles. The summed E-state index contributed by atoms with van der Waals surface area (Å²) >= 11 is 0. The predicted molar refractivity (Wildman–Crippen MR) is 98.6 cm³/mol. The summed E-state index contributed by atoms with van der Waals surface area (Å²) in [6, 6.07) is 12.5. The average molecular weight is 378 g/mol. The lowest BCUT2D eigenvalue weighted by atomic mass is 10.0. The van der Waals surface area contributed by atoms with Gasteiger partial charge in [-0.05, 0) is 43.5 Å². The molecule has 0 spiro atoms. The minimum absolute atomic E-state index is 0.0228. The van der Waals surface area contributed by atoms with E-state index in [2.05, 4.69) is 0 Å². The summed E-state index contributed by atoms with van der Waals surface area (Å²) in [6.07, 6.45) is 2.92. The number of fused-ring (bicyclic) bond motifs is 1. The molecule has 2 aliphatic heterocycles. The van der Waals surface area contributed by atoms with E-state index in [-0.39, 0.29) is 28.2 Å². The number of piperidine rings is 1. The molecule has 2 aliphatic rings. The van der Waals surface area contributed by atoms with Gasteiger partial charge in [0.1, 0.15) is 0 Å². The first-order chi connectivity index (χ1) is 13.6. The molecule has 2 aromatic rings. The number of hydroxylamine groups is 2. The molecular formula is C21H18N2O5. The molecule has 0 N–H and O–H groups in total. The Bertz CT molecular complexity index is 943. The number of carbonyl (C=O) groups excluding carboxylic acids is 4. The van der Waals surface area contributed by atoms with Crippen molar-refractivity contribution in [1.29, 1.82) is 0 Å². The summed E-state index contributed by atoms with van der Waals surface area (Å²) in [5, 5.41) is 0.454. The molecule has 1 saturated heterocycles. The minimum atomic E-state index is -0.921. The number of carbonyl (C=O) groups is 4. The number of likely N-dealkylation sites (tertiary alicyclic amines) is 1. The fraction of sp³-hybridized carbons (Fsp3) is 0.238. The molecule has 0 unspecified atom stereocenters. The number of imide groups is 1. The summed E-state index contributed by atoms with van der Waals surface area (Å²) in [5.41, 5.74) is 0.580. The van der Waals surface area contributed by atoms with Crippen LogP contribution in [0, 0.1) is 0 Å². The van der Waals surface area contributed by atoms with Crippen LogP contribution in [0.5, 0.6) is 0 Å². The van der Waals surface area contributed by atoms with E-state index in [9.17, 15) is 19.2 Å². The van der Waals surface area contributed by atoms with Gasteiger partial charge in [0.15, 0.2) is 0 Å². The van der Waals surface area contributed by atoms with E-state index in [0.29, 0.717) is 18.2 Å². The topological polar surface area (TPSA) is 84.0 Å². The number of benzene rings is 2. The van der Waals surface area contributed by atoms with Gasteiger partial charge >= 0.3 is 5.97 Å². The largest absolute Gasteiger partial charge is 0.364 e. The van der Waals surface area contributed by atoms with Crippen LogP contribution in [0.1, 0.15) is 60.7 Å². The molecule has 3 amide bonds. The van der Waals surface area contributed by atoms with Gasteiger partial charge in [-0.3, -0.25) is 14.4 Å². The number of nitrogens with zero attached hydrogens (tertiary/aromatic N) is 2. The molecule has 1 fully saturated rings. The average Bonchev–Trinajstić information content (AvgIpc) is 2.99. The van der Waals surface area contributed by atoms with E-state index < -0.39 is 17.8 Å². The standard InChI is InChI=1S/C21H18N2O5/c24-18(22-12-6-1-7-13-22)16-10-4-5-11-17(16)21(27)28-23-19(25)14-8-2-3-9-15(14)20(23)26/h2-5,8-11H,1,6-7,12-13H2. The molecule has 0 aliphatic carbocycles. The molecule has 0 saturated carbocycles. The Morgan fingerprint density at radius 3 is 1.89 bits per heavy atom. The van der Waals surface area contributed by atoms with Crippen molar-refractivity contribution in [1.82, 2.24) is 9.96 Å². The second-order valence-electron chi connectivity index (χ2n) is 6.73. The molecule has 4 rings (SSSR count). The maximum absolute atomic E-state index is 12.8. The highest BCUT2D eigenvalue weighted by Gasteiger charge is 2.39. The Morgan fingerprint density at radius 2 is 1.29 bits per heavy atom. The molecule has 0 radical (unpaired) electrons. The van der Waals surface area contributed by atoms with Gasteiger partial charge in [-0.25, -0.2) is 4.79 Å². The lowest BCUT2D eigenvalue weighted by Crippen LogP contribution is -2.37. The Labute approximate surface area is 161 Å². The van der Waals surface area contributed by atoms with Crippen LogP contribution in [0.2, 0.25) is 0 Å². The lowest BCUT2D eigenvalue weighted by molar-refractivity contribution is -0.0585. The van der Waals surface area contributed by atoms with Gasteiger partial charge in [-0.1, -0.05) is 29.3 Å². The number of amides is 3. The SMILES string of the molecule is O=C(ON1C(=O)c2ccccc2C1=O)c1ccccc1C(=O)N1CCCCC1. The second kappa shape index (κ2) is 7.26. The van der Waals surface area contributed by atoms with Gasteiger partial charge in [0.05, 0.1) is 22.3 Å². The van der Waals surface area contributed by atoms with E-state index in [4.69, 9.17) is 4.84 Å². The van der Waals surface area contributed by atoms with Gasteiger partial charge in [-0.2, -0.15) is 0 Å². The minimum Gasteiger partial charge on any atom is -0.339 e. The van der Waals surface area contributed by atoms with Crippen molar-refractivity contribution in [2.45, 2.75) is 19.3 Å². The van der Waals surface area contributed by atoms with Crippen LogP contribution in [0.15, 0.2) is 48.5 Å². The molecule has 7 nitrogen and oxygen atoms in total. The first-order valence-corrected chi connectivity index (χ1v) is 9.16. The van der Waals surface area contributed by atoms with E-state index >= 15 is 0 Å². The molecular weight excluding hydrogens is 360 g/mol. The summed E-state index contributed by atoms with van der Waals surface area (Å²) in [4.78, 5) is 57.2. The monoisotopic (exact) mass is 378 g/mol. The van der Waals surface area contributed by atoms with Crippen LogP contribution >= 0.6 is 0 Å². The van der Waals surface area contributed by atoms with Crippen molar-refractivity contribution in [3.05, 3.63) is 70.8 Å². The van der Waals surface area contributed by atoms with Crippen LogP contribution in [0.4, 0.5) is 0 Å². The van der Waals surface area contributed by atoms with Crippen molar-refractivity contribution in [3.63, 3.8) is 0 Å². The van der Waals surface area contributed by atoms with Crippen molar-refractivity contribution < 1.29 is 24.0 Å². The lowest BCUT2D eigenvalue weighted by Gasteiger charge is -2.27. The van der Waals surface area contributed by atoms with Crippen LogP contribution in [0.25, 0.3) is 0 Å². The Morgan fingerprint density at radius 1 is 0.750 bits per heavy atom. The van der Waals surface area contributed by atoms with Gasteiger partial charge in [0, 0.05) is 13.1 Å². The molecule has 7 heteroatoms. The first kappa shape index (κ1) is 17.9. The van der Waals surface area contributed by atoms with Crippen molar-refractivity contribution >= 4 is 23.7 Å². The van der Waals surface area contributed by atoms with Gasteiger partial charge in [0.25, 0.3) is 17.7 Å². The van der Waals surface area contributed by atoms with Crippen molar-refractivity contribution in [2.24, 2.45) is 0 Å². The molecule has 0 bridgehead atoms. The smallest absolute Gasteiger partial charge is 0.339 e. The van der Waals surface area contributed by atoms with Gasteiger partial charge in [0.2, 0.25) is 0 Å². The Balaban J connectivity index is 1.57. The van der Waals surface area contributed by atoms with Crippen LogP contribution in [0.3, 0.4) is 0 Å². The zero-order chi connectivity index (χ0) is 19.7. The summed E-state index contributed by atoms with van der Waals surface area (Å²) < 4.78 is 0. The van der Waals surface area contributed by atoms with Crippen LogP contribution in [-0.4, -0.2) is 46.7 Å². The number of rotatable bonds is 3. The zero-order valence-electron chi connectivity index (χ0n) is 15.1. The highest BCUT2D eigenvalue weighted by molar-refractivity contribution is 6.21. The van der Waals surface area contributed by atoms with Crippen LogP contribution < -0.4 is 0 Å². The molecule has 142 valence electrons. The van der Waals surface area contributed by atoms with E-state index in [1.54, 1.807) is 35.2 Å². The summed E-state index contributed by atoms with van der Waals surface area (Å²) in [6.45, 7) is 1.28. The predicted octanol–water partition coefficient (Wildman–Crippen LogP) is 2.68. The third kappa shape index (κ3) is 3.05. The zero-order valence-corrected chi connectivity index (χ0v) is 15.1. The summed E-state index contributed by atoms with van der Waals surface area (Å²) in [5.74, 6) is -2.58. The maximum Gasteiger partial charge on any atom is 0.364 e. The highest BCUT2D eigenvalue weighted by atomic mass is 16.7. The first-order valence-electron chi connectivity index (χ1n) is 9.16. The molecule has 2 aromatic carbocycles. The third-order valence-electron chi connectivity index (χ3n) is 4.95. The maximum atomic E-state index is 12.8. The Kier molecular flexibility index (Phi) is 4.65. The van der Waals surface area contributed by atoms with Crippen molar-refractivity contribution in [2.75, 3.05) is 13.1 Å². The van der Waals surface area contributed by atoms with Crippen molar-refractivity contribution in [3.8, 4) is 0 Å². The summed E-state index contributed by atoms with van der Waals surface area (Å²) in [7, 11) is 0. The number of hydrogen-bond acceptors (Lipinski definition) is 5. The van der Waals surface area contributed by atoms with E-state index in [0.717, 1.165) is 19.3 Å². The van der Waals surface area contributed by atoms with E-state index in [1.807, 2.05) is 0 Å². The Hall–Kier alpha value is -3.48. The number of hydrogen-bond donors (Lipinski definition) is 0. The molecule has 2 heterocycles. The second-order valence-corrected chi connectivity index (χ2v) is 6.73. The van der Waals surface area contributed by atoms with E-state index in [1.165, 1.54) is 18.2 Å². The normalized spacial score (nSPS) is 16.1. The highest BCUT2D eigenvalue weighted by Crippen LogP contribution is 2.24.